The number of fused-ring (bicyclic) bond motifs is 1. The normalized spacial score (nSPS) is 16.0. The van der Waals surface area contributed by atoms with E-state index in [2.05, 4.69) is 10.8 Å². The summed E-state index contributed by atoms with van der Waals surface area (Å²) in [7, 11) is -3.67. The molecule has 0 radical (unpaired) electrons. The summed E-state index contributed by atoms with van der Waals surface area (Å²) in [5.41, 5.74) is 2.24. The number of aromatic nitrogens is 1. The van der Waals surface area contributed by atoms with Crippen molar-refractivity contribution in [3.63, 3.8) is 0 Å². The Morgan fingerprint density at radius 1 is 0.889 bits per heavy atom. The Labute approximate surface area is 213 Å². The SMILES string of the molecule is O=S(=O)(c1ccccc1Cl)N1CCC(c2cn(Cc3ccc(C(F)(F)F)cc3)c3ccccc23)CC1. The third-order valence-corrected chi connectivity index (χ3v) is 9.20. The average molecular weight is 533 g/mol. The van der Waals surface area contributed by atoms with Crippen LogP contribution in [-0.4, -0.2) is 30.4 Å². The lowest BCUT2D eigenvalue weighted by Crippen LogP contribution is -2.38. The zero-order valence-corrected chi connectivity index (χ0v) is 20.8. The highest BCUT2D eigenvalue weighted by molar-refractivity contribution is 7.89. The first-order valence-electron chi connectivity index (χ1n) is 11.6. The third-order valence-electron chi connectivity index (χ3n) is 6.80. The lowest BCUT2D eigenvalue weighted by Gasteiger charge is -2.31. The monoisotopic (exact) mass is 532 g/mol. The first-order valence-corrected chi connectivity index (χ1v) is 13.4. The second-order valence-electron chi connectivity index (χ2n) is 9.03. The van der Waals surface area contributed by atoms with Crippen LogP contribution in [0.3, 0.4) is 0 Å². The summed E-state index contributed by atoms with van der Waals surface area (Å²) in [6.07, 6.45) is -0.971. The van der Waals surface area contributed by atoms with Gasteiger partial charge in [-0.3, -0.25) is 0 Å². The molecule has 0 aliphatic carbocycles. The highest BCUT2D eigenvalue weighted by Gasteiger charge is 2.32. The molecule has 36 heavy (non-hydrogen) atoms. The van der Waals surface area contributed by atoms with Crippen molar-refractivity contribution < 1.29 is 21.6 Å². The molecule has 1 aliphatic heterocycles. The van der Waals surface area contributed by atoms with Gasteiger partial charge in [0.25, 0.3) is 0 Å². The molecule has 9 heteroatoms. The van der Waals surface area contributed by atoms with Gasteiger partial charge in [0.1, 0.15) is 4.90 Å². The van der Waals surface area contributed by atoms with Crippen molar-refractivity contribution in [2.75, 3.05) is 13.1 Å². The van der Waals surface area contributed by atoms with Crippen LogP contribution < -0.4 is 0 Å². The minimum Gasteiger partial charge on any atom is -0.343 e. The molecule has 188 valence electrons. The smallest absolute Gasteiger partial charge is 0.343 e. The highest BCUT2D eigenvalue weighted by Crippen LogP contribution is 2.37. The van der Waals surface area contributed by atoms with Crippen molar-refractivity contribution in [1.82, 2.24) is 8.87 Å². The first kappa shape index (κ1) is 24.9. The summed E-state index contributed by atoms with van der Waals surface area (Å²) in [6.45, 7) is 1.21. The molecule has 5 rings (SSSR count). The van der Waals surface area contributed by atoms with E-state index in [1.807, 2.05) is 24.3 Å². The number of sulfonamides is 1. The molecule has 3 aromatic carbocycles. The van der Waals surface area contributed by atoms with Crippen molar-refractivity contribution in [2.45, 2.75) is 36.4 Å². The maximum atomic E-state index is 13.1. The molecular weight excluding hydrogens is 509 g/mol. The summed E-state index contributed by atoms with van der Waals surface area (Å²) in [5, 5.41) is 1.29. The van der Waals surface area contributed by atoms with Gasteiger partial charge in [-0.1, -0.05) is 54.1 Å². The van der Waals surface area contributed by atoms with Crippen LogP contribution in [-0.2, 0) is 22.7 Å². The number of nitrogens with zero attached hydrogens (tertiary/aromatic N) is 2. The fraction of sp³-hybridized carbons (Fsp3) is 0.259. The Bertz CT molecular complexity index is 1490. The quantitative estimate of drug-likeness (QED) is 0.280. The molecule has 0 bridgehead atoms. The molecule has 2 heterocycles. The fourth-order valence-corrected chi connectivity index (χ4v) is 6.89. The summed E-state index contributed by atoms with van der Waals surface area (Å²) in [4.78, 5) is 0.123. The van der Waals surface area contributed by atoms with Crippen LogP contribution >= 0.6 is 11.6 Å². The largest absolute Gasteiger partial charge is 0.416 e. The van der Waals surface area contributed by atoms with Crippen molar-refractivity contribution in [2.24, 2.45) is 0 Å². The number of piperidine rings is 1. The molecule has 1 aromatic heterocycles. The summed E-state index contributed by atoms with van der Waals surface area (Å²) < 4.78 is 68.6. The molecule has 4 nitrogen and oxygen atoms in total. The van der Waals surface area contributed by atoms with Crippen LogP contribution in [0, 0.1) is 0 Å². The van der Waals surface area contributed by atoms with Gasteiger partial charge < -0.3 is 4.57 Å². The number of hydrogen-bond acceptors (Lipinski definition) is 2. The fourth-order valence-electron chi connectivity index (χ4n) is 4.93. The van der Waals surface area contributed by atoms with Gasteiger partial charge in [-0.05, 0) is 60.2 Å². The van der Waals surface area contributed by atoms with E-state index in [-0.39, 0.29) is 15.8 Å². The topological polar surface area (TPSA) is 42.3 Å². The Morgan fingerprint density at radius 2 is 1.53 bits per heavy atom. The van der Waals surface area contributed by atoms with Gasteiger partial charge in [0.2, 0.25) is 10.0 Å². The zero-order valence-electron chi connectivity index (χ0n) is 19.2. The first-order chi connectivity index (χ1) is 17.1. The second kappa shape index (κ2) is 9.57. The van der Waals surface area contributed by atoms with E-state index in [4.69, 9.17) is 11.6 Å². The van der Waals surface area contributed by atoms with E-state index >= 15 is 0 Å². The number of para-hydroxylation sites is 1. The molecule has 4 aromatic rings. The number of benzene rings is 3. The van der Waals surface area contributed by atoms with Gasteiger partial charge in [-0.25, -0.2) is 8.42 Å². The number of hydrogen-bond donors (Lipinski definition) is 0. The predicted octanol–water partition coefficient (Wildman–Crippen LogP) is 6.93. The van der Waals surface area contributed by atoms with E-state index in [9.17, 15) is 21.6 Å². The van der Waals surface area contributed by atoms with Gasteiger partial charge in [-0.2, -0.15) is 17.5 Å². The Kier molecular flexibility index (Phi) is 6.61. The molecule has 0 amide bonds. The second-order valence-corrected chi connectivity index (χ2v) is 11.3. The van der Waals surface area contributed by atoms with E-state index < -0.39 is 21.8 Å². The molecule has 0 atom stereocenters. The molecule has 0 unspecified atom stereocenters. The summed E-state index contributed by atoms with van der Waals surface area (Å²) in [6, 6.07) is 19.6. The van der Waals surface area contributed by atoms with Crippen LogP contribution in [0.4, 0.5) is 13.2 Å². The van der Waals surface area contributed by atoms with Crippen LogP contribution in [0.5, 0.6) is 0 Å². The number of halogens is 4. The predicted molar refractivity (Wildman–Crippen MR) is 135 cm³/mol. The molecule has 1 fully saturated rings. The van der Waals surface area contributed by atoms with Crippen LogP contribution in [0.15, 0.2) is 83.9 Å². The van der Waals surface area contributed by atoms with E-state index in [0.717, 1.165) is 34.2 Å². The van der Waals surface area contributed by atoms with Crippen LogP contribution in [0.1, 0.15) is 35.4 Å². The Balaban J connectivity index is 1.37. The molecule has 1 saturated heterocycles. The van der Waals surface area contributed by atoms with Gasteiger partial charge in [0.15, 0.2) is 0 Å². The van der Waals surface area contributed by atoms with E-state index in [1.165, 1.54) is 22.5 Å². The maximum Gasteiger partial charge on any atom is 0.416 e. The summed E-state index contributed by atoms with van der Waals surface area (Å²) >= 11 is 6.15. The minimum absolute atomic E-state index is 0.123. The van der Waals surface area contributed by atoms with Gasteiger partial charge in [0, 0.05) is 36.7 Å². The van der Waals surface area contributed by atoms with E-state index in [0.29, 0.717) is 32.5 Å². The lowest BCUT2D eigenvalue weighted by atomic mass is 9.90. The lowest BCUT2D eigenvalue weighted by molar-refractivity contribution is -0.137. The number of alkyl halides is 3. The van der Waals surface area contributed by atoms with Crippen molar-refractivity contribution in [3.8, 4) is 0 Å². The summed E-state index contributed by atoms with van der Waals surface area (Å²) in [5.74, 6) is 0.168. The molecular formula is C27H24ClF3N2O2S. The number of rotatable bonds is 5. The van der Waals surface area contributed by atoms with Crippen LogP contribution in [0.2, 0.25) is 5.02 Å². The van der Waals surface area contributed by atoms with Gasteiger partial charge >= 0.3 is 6.18 Å². The van der Waals surface area contributed by atoms with Gasteiger partial charge in [0.05, 0.1) is 10.6 Å². The highest BCUT2D eigenvalue weighted by atomic mass is 35.5. The average Bonchev–Trinajstić information content (AvgIpc) is 3.22. The standard InChI is InChI=1S/C27H24ClF3N2O2S/c28-24-6-2-4-8-26(24)36(34,35)33-15-13-20(14-16-33)23-18-32(25-7-3-1-5-22(23)25)17-19-9-11-21(12-10-19)27(29,30)31/h1-12,18,20H,13-17H2. The zero-order chi connectivity index (χ0) is 25.5. The Morgan fingerprint density at radius 3 is 2.19 bits per heavy atom. The van der Waals surface area contributed by atoms with Crippen molar-refractivity contribution in [3.05, 3.63) is 101 Å². The molecule has 1 aliphatic rings. The molecule has 0 N–H and O–H groups in total. The minimum atomic E-state index is -4.36. The molecule has 0 saturated carbocycles. The molecule has 0 spiro atoms. The Hall–Kier alpha value is -2.81. The van der Waals surface area contributed by atoms with Crippen molar-refractivity contribution >= 4 is 32.5 Å². The maximum absolute atomic E-state index is 13.1. The van der Waals surface area contributed by atoms with Gasteiger partial charge in [-0.15, -0.1) is 0 Å². The van der Waals surface area contributed by atoms with E-state index in [1.54, 1.807) is 18.2 Å². The third kappa shape index (κ3) is 4.77. The van der Waals surface area contributed by atoms with Crippen molar-refractivity contribution in [1.29, 1.82) is 0 Å². The van der Waals surface area contributed by atoms with Crippen LogP contribution in [0.25, 0.3) is 10.9 Å².